The van der Waals surface area contributed by atoms with Gasteiger partial charge in [0, 0.05) is 38.4 Å². The summed E-state index contributed by atoms with van der Waals surface area (Å²) in [5.41, 5.74) is 1.79. The van der Waals surface area contributed by atoms with Gasteiger partial charge in [-0.2, -0.15) is 5.10 Å². The van der Waals surface area contributed by atoms with Gasteiger partial charge in [0.05, 0.1) is 6.20 Å². The molecule has 0 atom stereocenters. The topological polar surface area (TPSA) is 33.1 Å². The molecule has 1 N–H and O–H groups in total. The molecule has 4 nitrogen and oxygen atoms in total. The standard InChI is InChI=1S/C17H32N4/c1-15(2)9-18-13-17(7-5-6-8-17)14-20(3)11-16-10-19-21(4)12-16/h10,12,15,18H,5-9,11,13-14H2,1-4H3. The van der Waals surface area contributed by atoms with Gasteiger partial charge in [0.25, 0.3) is 0 Å². The Morgan fingerprint density at radius 2 is 2.10 bits per heavy atom. The lowest BCUT2D eigenvalue weighted by atomic mass is 9.85. The lowest BCUT2D eigenvalue weighted by Crippen LogP contribution is -2.42. The van der Waals surface area contributed by atoms with E-state index in [1.807, 2.05) is 17.9 Å². The van der Waals surface area contributed by atoms with Crippen LogP contribution < -0.4 is 5.32 Å². The highest BCUT2D eigenvalue weighted by atomic mass is 15.2. The molecular formula is C17H32N4. The lowest BCUT2D eigenvalue weighted by Gasteiger charge is -2.34. The van der Waals surface area contributed by atoms with Crippen molar-refractivity contribution in [2.75, 3.05) is 26.7 Å². The highest BCUT2D eigenvalue weighted by Gasteiger charge is 2.34. The summed E-state index contributed by atoms with van der Waals surface area (Å²) in [7, 11) is 4.23. The molecule has 2 rings (SSSR count). The van der Waals surface area contributed by atoms with Crippen molar-refractivity contribution in [2.45, 2.75) is 46.1 Å². The summed E-state index contributed by atoms with van der Waals surface area (Å²) in [6, 6.07) is 0. The van der Waals surface area contributed by atoms with Crippen molar-refractivity contribution < 1.29 is 0 Å². The molecule has 1 fully saturated rings. The molecule has 4 heteroatoms. The summed E-state index contributed by atoms with van der Waals surface area (Å²) < 4.78 is 1.89. The molecule has 0 radical (unpaired) electrons. The zero-order valence-corrected chi connectivity index (χ0v) is 14.2. The van der Waals surface area contributed by atoms with Crippen molar-refractivity contribution in [3.63, 3.8) is 0 Å². The monoisotopic (exact) mass is 292 g/mol. The molecule has 0 saturated heterocycles. The van der Waals surface area contributed by atoms with Crippen LogP contribution in [0, 0.1) is 11.3 Å². The SMILES string of the molecule is CC(C)CNCC1(CN(C)Cc2cnn(C)c2)CCCC1. The van der Waals surface area contributed by atoms with E-state index in [1.165, 1.54) is 44.3 Å². The van der Waals surface area contributed by atoms with E-state index in [-0.39, 0.29) is 0 Å². The van der Waals surface area contributed by atoms with Crippen molar-refractivity contribution in [1.82, 2.24) is 20.0 Å². The molecule has 1 aromatic rings. The van der Waals surface area contributed by atoms with Gasteiger partial charge in [0.2, 0.25) is 0 Å². The minimum absolute atomic E-state index is 0.478. The maximum atomic E-state index is 4.27. The van der Waals surface area contributed by atoms with Crippen LogP contribution in [0.3, 0.4) is 0 Å². The number of rotatable bonds is 8. The van der Waals surface area contributed by atoms with Crippen molar-refractivity contribution >= 4 is 0 Å². The van der Waals surface area contributed by atoms with Gasteiger partial charge in [-0.1, -0.05) is 26.7 Å². The number of hydrogen-bond acceptors (Lipinski definition) is 3. The quantitative estimate of drug-likeness (QED) is 0.799. The molecule has 0 unspecified atom stereocenters. The van der Waals surface area contributed by atoms with E-state index in [2.05, 4.69) is 42.4 Å². The second kappa shape index (κ2) is 7.41. The number of nitrogens with one attached hydrogen (secondary N) is 1. The number of nitrogens with zero attached hydrogens (tertiary/aromatic N) is 3. The van der Waals surface area contributed by atoms with Crippen LogP contribution in [-0.4, -0.2) is 41.4 Å². The minimum atomic E-state index is 0.478. The summed E-state index contributed by atoms with van der Waals surface area (Å²) in [6.07, 6.45) is 9.63. The molecule has 0 aromatic carbocycles. The molecule has 0 aliphatic heterocycles. The number of aromatic nitrogens is 2. The van der Waals surface area contributed by atoms with Crippen LogP contribution in [0.1, 0.15) is 45.1 Å². The molecular weight excluding hydrogens is 260 g/mol. The fraction of sp³-hybridized carbons (Fsp3) is 0.824. The maximum Gasteiger partial charge on any atom is 0.0534 e. The molecule has 120 valence electrons. The molecule has 1 aliphatic rings. The van der Waals surface area contributed by atoms with Crippen LogP contribution in [0.5, 0.6) is 0 Å². The zero-order chi connectivity index (χ0) is 15.3. The summed E-state index contributed by atoms with van der Waals surface area (Å²) in [5.74, 6) is 0.733. The number of aryl methyl sites for hydroxylation is 1. The van der Waals surface area contributed by atoms with Crippen molar-refractivity contribution in [2.24, 2.45) is 18.4 Å². The van der Waals surface area contributed by atoms with E-state index >= 15 is 0 Å². The minimum Gasteiger partial charge on any atom is -0.316 e. The van der Waals surface area contributed by atoms with Crippen molar-refractivity contribution in [1.29, 1.82) is 0 Å². The van der Waals surface area contributed by atoms with Crippen LogP contribution in [-0.2, 0) is 13.6 Å². The van der Waals surface area contributed by atoms with Gasteiger partial charge in [-0.05, 0) is 37.8 Å². The summed E-state index contributed by atoms with van der Waals surface area (Å²) in [6.45, 7) is 9.05. The Morgan fingerprint density at radius 3 is 2.67 bits per heavy atom. The van der Waals surface area contributed by atoms with Crippen LogP contribution in [0.4, 0.5) is 0 Å². The van der Waals surface area contributed by atoms with E-state index < -0.39 is 0 Å². The first-order chi connectivity index (χ1) is 9.99. The van der Waals surface area contributed by atoms with Gasteiger partial charge in [-0.25, -0.2) is 0 Å². The third-order valence-electron chi connectivity index (χ3n) is 4.53. The van der Waals surface area contributed by atoms with E-state index in [0.29, 0.717) is 5.41 Å². The van der Waals surface area contributed by atoms with Gasteiger partial charge in [0.1, 0.15) is 0 Å². The molecule has 1 heterocycles. The average Bonchev–Trinajstić information content (AvgIpc) is 2.99. The first-order valence-electron chi connectivity index (χ1n) is 8.36. The highest BCUT2D eigenvalue weighted by molar-refractivity contribution is 5.03. The number of hydrogen-bond donors (Lipinski definition) is 1. The Morgan fingerprint density at radius 1 is 1.38 bits per heavy atom. The zero-order valence-electron chi connectivity index (χ0n) is 14.2. The highest BCUT2D eigenvalue weighted by Crippen LogP contribution is 2.38. The second-order valence-corrected chi connectivity index (χ2v) is 7.43. The van der Waals surface area contributed by atoms with Crippen LogP contribution in [0.15, 0.2) is 12.4 Å². The van der Waals surface area contributed by atoms with Gasteiger partial charge in [-0.15, -0.1) is 0 Å². The van der Waals surface area contributed by atoms with Gasteiger partial charge >= 0.3 is 0 Å². The Labute approximate surface area is 129 Å². The first kappa shape index (κ1) is 16.5. The molecule has 0 amide bonds. The van der Waals surface area contributed by atoms with Crippen LogP contribution >= 0.6 is 0 Å². The second-order valence-electron chi connectivity index (χ2n) is 7.43. The largest absolute Gasteiger partial charge is 0.316 e. The molecule has 0 bridgehead atoms. The predicted molar refractivity (Wildman–Crippen MR) is 88.2 cm³/mol. The molecule has 1 aliphatic carbocycles. The fourth-order valence-corrected chi connectivity index (χ4v) is 3.64. The van der Waals surface area contributed by atoms with Crippen LogP contribution in [0.25, 0.3) is 0 Å². The van der Waals surface area contributed by atoms with Crippen molar-refractivity contribution in [3.05, 3.63) is 18.0 Å². The molecule has 1 saturated carbocycles. The normalized spacial score (nSPS) is 18.0. The van der Waals surface area contributed by atoms with E-state index in [4.69, 9.17) is 0 Å². The van der Waals surface area contributed by atoms with Crippen LogP contribution in [0.2, 0.25) is 0 Å². The average molecular weight is 292 g/mol. The summed E-state index contributed by atoms with van der Waals surface area (Å²) in [5, 5.41) is 7.96. The maximum absolute atomic E-state index is 4.27. The van der Waals surface area contributed by atoms with E-state index in [1.54, 1.807) is 0 Å². The van der Waals surface area contributed by atoms with Gasteiger partial charge in [-0.3, -0.25) is 4.68 Å². The van der Waals surface area contributed by atoms with Crippen molar-refractivity contribution in [3.8, 4) is 0 Å². The third kappa shape index (κ3) is 5.11. The fourth-order valence-electron chi connectivity index (χ4n) is 3.64. The Hall–Kier alpha value is -0.870. The Bertz CT molecular complexity index is 418. The molecule has 1 aromatic heterocycles. The smallest absolute Gasteiger partial charge is 0.0534 e. The van der Waals surface area contributed by atoms with Gasteiger partial charge < -0.3 is 10.2 Å². The third-order valence-corrected chi connectivity index (χ3v) is 4.53. The van der Waals surface area contributed by atoms with Gasteiger partial charge in [0.15, 0.2) is 0 Å². The molecule has 21 heavy (non-hydrogen) atoms. The summed E-state index contributed by atoms with van der Waals surface area (Å²) in [4.78, 5) is 2.47. The molecule has 0 spiro atoms. The van der Waals surface area contributed by atoms with E-state index in [9.17, 15) is 0 Å². The Balaban J connectivity index is 1.86. The van der Waals surface area contributed by atoms with E-state index in [0.717, 1.165) is 19.0 Å². The lowest BCUT2D eigenvalue weighted by molar-refractivity contribution is 0.166. The first-order valence-corrected chi connectivity index (χ1v) is 8.36. The predicted octanol–water partition coefficient (Wildman–Crippen LogP) is 2.66. The summed E-state index contributed by atoms with van der Waals surface area (Å²) >= 11 is 0. The Kier molecular flexibility index (Phi) is 5.82.